The maximum absolute atomic E-state index is 12.8. The Kier molecular flexibility index (Phi) is 4.95. The van der Waals surface area contributed by atoms with Gasteiger partial charge in [-0.3, -0.25) is 19.3 Å². The SMILES string of the molecule is COc1ccc(Cl)cc1C(=O)CN1C(=O)c2ccccc2O[C@H](C)C1=O. The van der Waals surface area contributed by atoms with Crippen LogP contribution < -0.4 is 9.47 Å². The number of carbonyl (C=O) groups excluding carboxylic acids is 3. The average Bonchev–Trinajstić information content (AvgIpc) is 2.72. The van der Waals surface area contributed by atoms with Crippen LogP contribution >= 0.6 is 11.6 Å². The monoisotopic (exact) mass is 373 g/mol. The Morgan fingerprint density at radius 1 is 1.23 bits per heavy atom. The zero-order chi connectivity index (χ0) is 18.8. The Labute approximate surface area is 155 Å². The molecule has 0 aromatic heterocycles. The van der Waals surface area contributed by atoms with Crippen LogP contribution in [0.3, 0.4) is 0 Å². The second-order valence-electron chi connectivity index (χ2n) is 5.75. The topological polar surface area (TPSA) is 72.9 Å². The molecule has 0 unspecified atom stereocenters. The van der Waals surface area contributed by atoms with Crippen LogP contribution in [0.25, 0.3) is 0 Å². The molecule has 1 aliphatic heterocycles. The highest BCUT2D eigenvalue weighted by Crippen LogP contribution is 2.27. The molecule has 2 amide bonds. The first-order valence-corrected chi connectivity index (χ1v) is 8.28. The molecule has 1 atom stereocenters. The minimum atomic E-state index is -0.892. The molecule has 0 spiro atoms. The van der Waals surface area contributed by atoms with Gasteiger partial charge in [0.15, 0.2) is 11.9 Å². The molecule has 0 bridgehead atoms. The van der Waals surface area contributed by atoms with E-state index in [4.69, 9.17) is 21.1 Å². The number of fused-ring (bicyclic) bond motifs is 1. The van der Waals surface area contributed by atoms with Crippen molar-refractivity contribution in [2.45, 2.75) is 13.0 Å². The summed E-state index contributed by atoms with van der Waals surface area (Å²) in [6.07, 6.45) is -0.892. The lowest BCUT2D eigenvalue weighted by molar-refractivity contribution is -0.134. The van der Waals surface area contributed by atoms with Gasteiger partial charge in [0.2, 0.25) is 0 Å². The fraction of sp³-hybridized carbons (Fsp3) is 0.211. The van der Waals surface area contributed by atoms with Crippen molar-refractivity contribution < 1.29 is 23.9 Å². The van der Waals surface area contributed by atoms with Crippen LogP contribution in [0.1, 0.15) is 27.6 Å². The number of halogens is 1. The molecule has 134 valence electrons. The highest BCUT2D eigenvalue weighted by Gasteiger charge is 2.35. The lowest BCUT2D eigenvalue weighted by atomic mass is 10.1. The molecule has 1 aliphatic rings. The number of ketones is 1. The first-order chi connectivity index (χ1) is 12.4. The van der Waals surface area contributed by atoms with Gasteiger partial charge in [-0.1, -0.05) is 23.7 Å². The summed E-state index contributed by atoms with van der Waals surface area (Å²) < 4.78 is 10.7. The largest absolute Gasteiger partial charge is 0.496 e. The summed E-state index contributed by atoms with van der Waals surface area (Å²) in [5, 5.41) is 0.352. The number of ether oxygens (including phenoxy) is 2. The summed E-state index contributed by atoms with van der Waals surface area (Å²) in [6.45, 7) is 1.10. The number of methoxy groups -OCH3 is 1. The van der Waals surface area contributed by atoms with E-state index in [2.05, 4.69) is 0 Å². The molecule has 2 aromatic carbocycles. The first kappa shape index (κ1) is 17.9. The number of rotatable bonds is 4. The number of imide groups is 1. The highest BCUT2D eigenvalue weighted by molar-refractivity contribution is 6.31. The van der Waals surface area contributed by atoms with Crippen molar-refractivity contribution in [1.29, 1.82) is 0 Å². The Balaban J connectivity index is 1.95. The van der Waals surface area contributed by atoms with Gasteiger partial charge in [0, 0.05) is 5.02 Å². The number of carbonyl (C=O) groups is 3. The van der Waals surface area contributed by atoms with Crippen LogP contribution in [0.15, 0.2) is 42.5 Å². The summed E-state index contributed by atoms with van der Waals surface area (Å²) in [5.74, 6) is -0.991. The van der Waals surface area contributed by atoms with Crippen molar-refractivity contribution in [3.63, 3.8) is 0 Å². The standard InChI is InChI=1S/C19H16ClNO5/c1-11-18(23)21(19(24)13-5-3-4-6-17(13)26-11)10-15(22)14-9-12(20)7-8-16(14)25-2/h3-9,11H,10H2,1-2H3/t11-/m1/s1. The van der Waals surface area contributed by atoms with Crippen molar-refractivity contribution in [1.82, 2.24) is 4.90 Å². The minimum absolute atomic E-state index is 0.201. The van der Waals surface area contributed by atoms with Gasteiger partial charge < -0.3 is 9.47 Å². The molecule has 3 rings (SSSR count). The molecule has 0 aliphatic carbocycles. The van der Waals surface area contributed by atoms with Crippen molar-refractivity contribution in [2.75, 3.05) is 13.7 Å². The molecule has 2 aromatic rings. The van der Waals surface area contributed by atoms with Crippen LogP contribution in [0, 0.1) is 0 Å². The van der Waals surface area contributed by atoms with Crippen LogP contribution in [0.2, 0.25) is 5.02 Å². The predicted octanol–water partition coefficient (Wildman–Crippen LogP) is 2.98. The molecule has 0 fully saturated rings. The molecular formula is C19H16ClNO5. The molecular weight excluding hydrogens is 358 g/mol. The summed E-state index contributed by atoms with van der Waals surface area (Å²) in [6, 6.07) is 11.1. The Hall–Kier alpha value is -2.86. The van der Waals surface area contributed by atoms with Gasteiger partial charge in [-0.05, 0) is 37.3 Å². The fourth-order valence-corrected chi connectivity index (χ4v) is 2.90. The number of para-hydroxylation sites is 1. The maximum atomic E-state index is 12.8. The van der Waals surface area contributed by atoms with Gasteiger partial charge in [-0.15, -0.1) is 0 Å². The number of amides is 2. The van der Waals surface area contributed by atoms with Crippen molar-refractivity contribution in [3.05, 3.63) is 58.6 Å². The van der Waals surface area contributed by atoms with Crippen LogP contribution in [0.5, 0.6) is 11.5 Å². The molecule has 6 nitrogen and oxygen atoms in total. The van der Waals surface area contributed by atoms with Crippen LogP contribution in [-0.2, 0) is 4.79 Å². The summed E-state index contributed by atoms with van der Waals surface area (Å²) in [7, 11) is 1.43. The molecule has 0 N–H and O–H groups in total. The van der Waals surface area contributed by atoms with Crippen molar-refractivity contribution in [2.24, 2.45) is 0 Å². The lowest BCUT2D eigenvalue weighted by Crippen LogP contribution is -2.44. The quantitative estimate of drug-likeness (QED) is 0.608. The zero-order valence-corrected chi connectivity index (χ0v) is 14.9. The third-order valence-electron chi connectivity index (χ3n) is 4.04. The minimum Gasteiger partial charge on any atom is -0.496 e. The van der Waals surface area contributed by atoms with E-state index in [0.717, 1.165) is 4.90 Å². The summed E-state index contributed by atoms with van der Waals surface area (Å²) in [4.78, 5) is 39.0. The van der Waals surface area contributed by atoms with E-state index in [1.165, 1.54) is 20.1 Å². The lowest BCUT2D eigenvalue weighted by Gasteiger charge is -2.20. The Morgan fingerprint density at radius 3 is 2.69 bits per heavy atom. The van der Waals surface area contributed by atoms with E-state index in [-0.39, 0.29) is 11.1 Å². The number of hydrogen-bond acceptors (Lipinski definition) is 5. The van der Waals surface area contributed by atoms with Crippen molar-refractivity contribution >= 4 is 29.2 Å². The third kappa shape index (κ3) is 3.28. The predicted molar refractivity (Wildman–Crippen MR) is 94.9 cm³/mol. The van der Waals surface area contributed by atoms with E-state index in [1.54, 1.807) is 36.4 Å². The Morgan fingerprint density at radius 2 is 1.96 bits per heavy atom. The van der Waals surface area contributed by atoms with Gasteiger partial charge in [0.1, 0.15) is 11.5 Å². The van der Waals surface area contributed by atoms with E-state index in [1.807, 2.05) is 0 Å². The summed E-state index contributed by atoms with van der Waals surface area (Å²) in [5.41, 5.74) is 0.433. The third-order valence-corrected chi connectivity index (χ3v) is 4.28. The normalized spacial score (nSPS) is 16.6. The summed E-state index contributed by atoms with van der Waals surface area (Å²) >= 11 is 5.96. The maximum Gasteiger partial charge on any atom is 0.270 e. The fourth-order valence-electron chi connectivity index (χ4n) is 2.73. The number of hydrogen-bond donors (Lipinski definition) is 0. The molecule has 26 heavy (non-hydrogen) atoms. The van der Waals surface area contributed by atoms with Gasteiger partial charge in [0.25, 0.3) is 11.8 Å². The average molecular weight is 374 g/mol. The van der Waals surface area contributed by atoms with Crippen LogP contribution in [-0.4, -0.2) is 42.3 Å². The molecule has 0 saturated carbocycles. The molecule has 7 heteroatoms. The smallest absolute Gasteiger partial charge is 0.270 e. The highest BCUT2D eigenvalue weighted by atomic mass is 35.5. The Bertz CT molecular complexity index is 895. The zero-order valence-electron chi connectivity index (χ0n) is 14.2. The van der Waals surface area contributed by atoms with Crippen LogP contribution in [0.4, 0.5) is 0 Å². The van der Waals surface area contributed by atoms with Gasteiger partial charge >= 0.3 is 0 Å². The number of nitrogens with zero attached hydrogens (tertiary/aromatic N) is 1. The number of Topliss-reactive ketones (excluding diaryl/α,β-unsaturated/α-hetero) is 1. The second kappa shape index (κ2) is 7.17. The van der Waals surface area contributed by atoms with Crippen molar-refractivity contribution in [3.8, 4) is 11.5 Å². The van der Waals surface area contributed by atoms with Gasteiger partial charge in [-0.2, -0.15) is 0 Å². The molecule has 0 radical (unpaired) electrons. The van der Waals surface area contributed by atoms with E-state index in [0.29, 0.717) is 16.5 Å². The number of benzene rings is 2. The van der Waals surface area contributed by atoms with Gasteiger partial charge in [0.05, 0.1) is 24.8 Å². The second-order valence-corrected chi connectivity index (χ2v) is 6.19. The van der Waals surface area contributed by atoms with E-state index in [9.17, 15) is 14.4 Å². The van der Waals surface area contributed by atoms with E-state index >= 15 is 0 Å². The van der Waals surface area contributed by atoms with E-state index < -0.39 is 30.2 Å². The first-order valence-electron chi connectivity index (χ1n) is 7.90. The molecule has 0 saturated heterocycles. The van der Waals surface area contributed by atoms with Gasteiger partial charge in [-0.25, -0.2) is 0 Å². The molecule has 1 heterocycles.